The first kappa shape index (κ1) is 12.4. The molecular weight excluding hydrogens is 166 g/mol. The minimum Gasteiger partial charge on any atom is -0.481 e. The van der Waals surface area contributed by atoms with E-state index in [9.17, 15) is 4.79 Å². The summed E-state index contributed by atoms with van der Waals surface area (Å²) in [5.74, 6) is -0.882. The van der Waals surface area contributed by atoms with Crippen molar-refractivity contribution in [2.75, 3.05) is 20.1 Å². The van der Waals surface area contributed by atoms with Gasteiger partial charge in [-0.1, -0.05) is 20.3 Å². The van der Waals surface area contributed by atoms with Crippen LogP contribution in [0, 0.1) is 5.92 Å². The zero-order valence-electron chi connectivity index (χ0n) is 8.92. The fourth-order valence-electron chi connectivity index (χ4n) is 1.28. The Kier molecular flexibility index (Phi) is 6.59. The molecule has 1 atom stereocenters. The van der Waals surface area contributed by atoms with Gasteiger partial charge in [0.1, 0.15) is 0 Å². The molecule has 0 bridgehead atoms. The van der Waals surface area contributed by atoms with Gasteiger partial charge in [-0.25, -0.2) is 0 Å². The van der Waals surface area contributed by atoms with E-state index in [-0.39, 0.29) is 5.92 Å². The number of carboxylic acid groups (broad SMARTS) is 1. The number of unbranched alkanes of at least 4 members (excludes halogenated alkanes) is 1. The molecule has 0 aromatic carbocycles. The van der Waals surface area contributed by atoms with Crippen LogP contribution in [0.1, 0.15) is 33.1 Å². The zero-order chi connectivity index (χ0) is 10.3. The summed E-state index contributed by atoms with van der Waals surface area (Å²) < 4.78 is 0. The third-order valence-electron chi connectivity index (χ3n) is 2.27. The molecule has 0 rings (SSSR count). The van der Waals surface area contributed by atoms with E-state index in [1.807, 2.05) is 14.0 Å². The highest BCUT2D eigenvalue weighted by molar-refractivity contribution is 5.70. The summed E-state index contributed by atoms with van der Waals surface area (Å²) in [6, 6.07) is 0. The maximum absolute atomic E-state index is 10.7. The number of hydrogen-bond donors (Lipinski definition) is 1. The van der Waals surface area contributed by atoms with Crippen molar-refractivity contribution < 1.29 is 9.90 Å². The molecule has 0 aromatic rings. The van der Waals surface area contributed by atoms with Crippen molar-refractivity contribution in [1.82, 2.24) is 4.90 Å². The average molecular weight is 187 g/mol. The molecule has 0 saturated carbocycles. The standard InChI is InChI=1S/C10H21NO2/c1-4-6-7-11(3)8-9(5-2)10(12)13/h9H,4-8H2,1-3H3,(H,12,13). The van der Waals surface area contributed by atoms with Crippen molar-refractivity contribution >= 4 is 5.97 Å². The fourth-order valence-corrected chi connectivity index (χ4v) is 1.28. The van der Waals surface area contributed by atoms with Crippen LogP contribution in [0.4, 0.5) is 0 Å². The number of carboxylic acids is 1. The highest BCUT2D eigenvalue weighted by Crippen LogP contribution is 2.05. The van der Waals surface area contributed by atoms with E-state index in [0.29, 0.717) is 13.0 Å². The Balaban J connectivity index is 3.73. The van der Waals surface area contributed by atoms with Crippen molar-refractivity contribution in [2.24, 2.45) is 5.92 Å². The van der Waals surface area contributed by atoms with Crippen LogP contribution >= 0.6 is 0 Å². The average Bonchev–Trinajstić information content (AvgIpc) is 2.10. The van der Waals surface area contributed by atoms with E-state index in [2.05, 4.69) is 11.8 Å². The number of hydrogen-bond acceptors (Lipinski definition) is 2. The quantitative estimate of drug-likeness (QED) is 0.661. The SMILES string of the molecule is CCCCN(C)CC(CC)C(=O)O. The van der Waals surface area contributed by atoms with Crippen LogP contribution in [0.2, 0.25) is 0 Å². The predicted molar refractivity (Wildman–Crippen MR) is 53.8 cm³/mol. The first-order valence-corrected chi connectivity index (χ1v) is 5.03. The lowest BCUT2D eigenvalue weighted by Gasteiger charge is -2.19. The minimum absolute atomic E-state index is 0.207. The third kappa shape index (κ3) is 5.64. The smallest absolute Gasteiger partial charge is 0.307 e. The Morgan fingerprint density at radius 2 is 2.08 bits per heavy atom. The Hall–Kier alpha value is -0.570. The maximum atomic E-state index is 10.7. The van der Waals surface area contributed by atoms with Gasteiger partial charge >= 0.3 is 5.97 Å². The van der Waals surface area contributed by atoms with Gasteiger partial charge in [-0.15, -0.1) is 0 Å². The predicted octanol–water partition coefficient (Wildman–Crippen LogP) is 1.83. The van der Waals surface area contributed by atoms with Crippen molar-refractivity contribution in [2.45, 2.75) is 33.1 Å². The second kappa shape index (κ2) is 6.89. The molecule has 0 aliphatic rings. The van der Waals surface area contributed by atoms with E-state index in [4.69, 9.17) is 5.11 Å². The van der Waals surface area contributed by atoms with Crippen LogP contribution in [0.25, 0.3) is 0 Å². The molecule has 0 aliphatic carbocycles. The monoisotopic (exact) mass is 187 g/mol. The molecule has 0 amide bonds. The molecular formula is C10H21NO2. The summed E-state index contributed by atoms with van der Waals surface area (Å²) in [6.07, 6.45) is 3.02. The molecule has 0 aromatic heterocycles. The van der Waals surface area contributed by atoms with Crippen molar-refractivity contribution in [1.29, 1.82) is 0 Å². The minimum atomic E-state index is -0.675. The normalized spacial score (nSPS) is 13.2. The third-order valence-corrected chi connectivity index (χ3v) is 2.27. The topological polar surface area (TPSA) is 40.5 Å². The molecule has 0 heterocycles. The number of rotatable bonds is 7. The Morgan fingerprint density at radius 3 is 2.46 bits per heavy atom. The van der Waals surface area contributed by atoms with E-state index in [0.717, 1.165) is 19.4 Å². The molecule has 13 heavy (non-hydrogen) atoms. The molecule has 3 heteroatoms. The highest BCUT2D eigenvalue weighted by Gasteiger charge is 2.16. The summed E-state index contributed by atoms with van der Waals surface area (Å²) in [5.41, 5.74) is 0. The Labute approximate surface area is 80.7 Å². The fraction of sp³-hybridized carbons (Fsp3) is 0.900. The molecule has 3 nitrogen and oxygen atoms in total. The molecule has 1 N–H and O–H groups in total. The van der Waals surface area contributed by atoms with Crippen LogP contribution in [-0.2, 0) is 4.79 Å². The van der Waals surface area contributed by atoms with Crippen molar-refractivity contribution in [3.63, 3.8) is 0 Å². The summed E-state index contributed by atoms with van der Waals surface area (Å²) in [5, 5.41) is 8.82. The molecule has 0 spiro atoms. The summed E-state index contributed by atoms with van der Waals surface area (Å²) >= 11 is 0. The van der Waals surface area contributed by atoms with Gasteiger partial charge in [-0.05, 0) is 26.4 Å². The van der Waals surface area contributed by atoms with Gasteiger partial charge in [0.05, 0.1) is 5.92 Å². The first-order valence-electron chi connectivity index (χ1n) is 5.03. The van der Waals surface area contributed by atoms with E-state index in [1.165, 1.54) is 0 Å². The molecule has 0 saturated heterocycles. The van der Waals surface area contributed by atoms with E-state index >= 15 is 0 Å². The Morgan fingerprint density at radius 1 is 1.46 bits per heavy atom. The maximum Gasteiger partial charge on any atom is 0.307 e. The molecule has 0 aliphatic heterocycles. The van der Waals surface area contributed by atoms with Crippen LogP contribution < -0.4 is 0 Å². The van der Waals surface area contributed by atoms with Crippen molar-refractivity contribution in [3.8, 4) is 0 Å². The second-order valence-corrected chi connectivity index (χ2v) is 3.56. The zero-order valence-corrected chi connectivity index (χ0v) is 8.92. The lowest BCUT2D eigenvalue weighted by atomic mass is 10.1. The van der Waals surface area contributed by atoms with Gasteiger partial charge in [-0.2, -0.15) is 0 Å². The van der Waals surface area contributed by atoms with Crippen molar-refractivity contribution in [3.05, 3.63) is 0 Å². The number of nitrogens with zero attached hydrogens (tertiary/aromatic N) is 1. The summed E-state index contributed by atoms with van der Waals surface area (Å²) in [4.78, 5) is 12.8. The molecule has 0 radical (unpaired) electrons. The van der Waals surface area contributed by atoms with Gasteiger partial charge in [-0.3, -0.25) is 4.79 Å². The van der Waals surface area contributed by atoms with Gasteiger partial charge in [0.25, 0.3) is 0 Å². The van der Waals surface area contributed by atoms with Gasteiger partial charge in [0.15, 0.2) is 0 Å². The van der Waals surface area contributed by atoms with Crippen LogP contribution in [-0.4, -0.2) is 36.1 Å². The molecule has 1 unspecified atom stereocenters. The first-order chi connectivity index (χ1) is 6.11. The summed E-state index contributed by atoms with van der Waals surface area (Å²) in [6.45, 7) is 5.74. The lowest BCUT2D eigenvalue weighted by Crippen LogP contribution is -2.30. The van der Waals surface area contributed by atoms with E-state index in [1.54, 1.807) is 0 Å². The van der Waals surface area contributed by atoms with Crippen LogP contribution in [0.15, 0.2) is 0 Å². The molecule has 0 fully saturated rings. The van der Waals surface area contributed by atoms with Crippen LogP contribution in [0.3, 0.4) is 0 Å². The highest BCUT2D eigenvalue weighted by atomic mass is 16.4. The number of carbonyl (C=O) groups is 1. The number of aliphatic carboxylic acids is 1. The largest absolute Gasteiger partial charge is 0.481 e. The molecule has 78 valence electrons. The second-order valence-electron chi connectivity index (χ2n) is 3.56. The van der Waals surface area contributed by atoms with Gasteiger partial charge in [0.2, 0.25) is 0 Å². The van der Waals surface area contributed by atoms with Crippen LogP contribution in [0.5, 0.6) is 0 Å². The van der Waals surface area contributed by atoms with Gasteiger partial charge < -0.3 is 10.0 Å². The Bertz CT molecular complexity index is 148. The van der Waals surface area contributed by atoms with E-state index < -0.39 is 5.97 Å². The summed E-state index contributed by atoms with van der Waals surface area (Å²) in [7, 11) is 1.99. The lowest BCUT2D eigenvalue weighted by molar-refractivity contribution is -0.142. The van der Waals surface area contributed by atoms with Gasteiger partial charge in [0, 0.05) is 6.54 Å².